The van der Waals surface area contributed by atoms with Crippen LogP contribution in [0.5, 0.6) is 0 Å². The number of carbonyl (C=O) groups excluding carboxylic acids is 3. The molecule has 1 saturated heterocycles. The minimum absolute atomic E-state index is 0.0983. The van der Waals surface area contributed by atoms with E-state index in [1.807, 2.05) is 13.8 Å². The van der Waals surface area contributed by atoms with Gasteiger partial charge < -0.3 is 19.0 Å². The van der Waals surface area contributed by atoms with Gasteiger partial charge in [-0.1, -0.05) is 37.6 Å². The first-order valence-corrected chi connectivity index (χ1v) is 12.4. The van der Waals surface area contributed by atoms with Crippen molar-refractivity contribution in [3.63, 3.8) is 0 Å². The number of carboxylic acids is 1. The number of benzene rings is 1. The second kappa shape index (κ2) is 8.76. The Morgan fingerprint density at radius 1 is 1.14 bits per heavy atom. The zero-order valence-electron chi connectivity index (χ0n) is 19.9. The number of ether oxygens (including phenoxy) is 2. The summed E-state index contributed by atoms with van der Waals surface area (Å²) in [5, 5.41) is 10.4. The predicted molar refractivity (Wildman–Crippen MR) is 126 cm³/mol. The van der Waals surface area contributed by atoms with Crippen molar-refractivity contribution >= 4 is 35.3 Å². The van der Waals surface area contributed by atoms with Gasteiger partial charge in [-0.15, -0.1) is 0 Å². The molecule has 3 aliphatic rings. The van der Waals surface area contributed by atoms with Crippen molar-refractivity contribution in [1.82, 2.24) is 0 Å². The fraction of sp³-hybridized carbons (Fsp3) is 0.481. The molecule has 2 saturated carbocycles. The van der Waals surface area contributed by atoms with Crippen LogP contribution in [0.2, 0.25) is 5.02 Å². The summed E-state index contributed by atoms with van der Waals surface area (Å²) < 4.78 is 16.5. The van der Waals surface area contributed by atoms with Crippen molar-refractivity contribution in [3.05, 3.63) is 59.0 Å². The maximum atomic E-state index is 14.1. The first kappa shape index (κ1) is 24.6. The summed E-state index contributed by atoms with van der Waals surface area (Å²) >= 11 is 6.14. The third-order valence-corrected chi connectivity index (χ3v) is 8.99. The summed E-state index contributed by atoms with van der Waals surface area (Å²) in [4.78, 5) is 52.6. The van der Waals surface area contributed by atoms with Crippen molar-refractivity contribution in [2.24, 2.45) is 28.6 Å². The van der Waals surface area contributed by atoms with Gasteiger partial charge in [-0.2, -0.15) is 0 Å². The zero-order valence-corrected chi connectivity index (χ0v) is 20.7. The lowest BCUT2D eigenvalue weighted by Gasteiger charge is -2.60. The Morgan fingerprint density at radius 2 is 1.89 bits per heavy atom. The summed E-state index contributed by atoms with van der Waals surface area (Å²) in [5.74, 6) is -4.95. The number of Topliss-reactive ketones (excluding diaryl/α,β-unsaturated/α-hetero) is 1. The van der Waals surface area contributed by atoms with E-state index in [4.69, 9.17) is 25.5 Å². The maximum absolute atomic E-state index is 14.1. The van der Waals surface area contributed by atoms with Crippen LogP contribution in [0.1, 0.15) is 61.6 Å². The number of rotatable bonds is 4. The number of halogens is 1. The fourth-order valence-electron chi connectivity index (χ4n) is 6.96. The number of fused-ring (bicyclic) bond motifs is 3. The van der Waals surface area contributed by atoms with E-state index < -0.39 is 58.7 Å². The van der Waals surface area contributed by atoms with Crippen molar-refractivity contribution < 1.29 is 38.2 Å². The molecule has 3 fully saturated rings. The molecule has 190 valence electrons. The number of esters is 2. The number of aliphatic carboxylic acids is 1. The molecule has 1 aliphatic heterocycles. The van der Waals surface area contributed by atoms with Crippen molar-refractivity contribution in [3.8, 4) is 0 Å². The molecule has 8 nitrogen and oxygen atoms in total. The van der Waals surface area contributed by atoms with E-state index in [-0.39, 0.29) is 22.8 Å². The Morgan fingerprint density at radius 3 is 2.56 bits per heavy atom. The quantitative estimate of drug-likeness (QED) is 0.574. The number of cyclic esters (lactones) is 1. The van der Waals surface area contributed by atoms with E-state index in [0.29, 0.717) is 24.8 Å². The van der Waals surface area contributed by atoms with Gasteiger partial charge in [0.25, 0.3) is 0 Å². The number of furan rings is 1. The Hall–Kier alpha value is -3.13. The summed E-state index contributed by atoms with van der Waals surface area (Å²) in [6.07, 6.45) is 2.08. The highest BCUT2D eigenvalue weighted by Gasteiger charge is 2.67. The van der Waals surface area contributed by atoms with Crippen molar-refractivity contribution in [2.45, 2.75) is 51.7 Å². The standard InChI is InChI=1S/C27H27ClO8/c1-26-9-7-16-25(33)36-20(14-8-10-34-13-14)12-27(16,2)22(26)21(29)19(11-17(26)23(30)31)35-24(32)15-5-3-4-6-18(15)28/h3-6,8,10,13,16-17,19-20,22H,7,9,11-12H2,1-2H3,(H,30,31). The van der Waals surface area contributed by atoms with E-state index in [1.54, 1.807) is 18.2 Å². The molecule has 0 amide bonds. The second-order valence-electron chi connectivity index (χ2n) is 10.6. The van der Waals surface area contributed by atoms with Gasteiger partial charge in [-0.25, -0.2) is 4.79 Å². The number of carboxylic acid groups (broad SMARTS) is 1. The van der Waals surface area contributed by atoms with Gasteiger partial charge in [0.1, 0.15) is 6.10 Å². The predicted octanol–water partition coefficient (Wildman–Crippen LogP) is 4.86. The molecule has 0 spiro atoms. The summed E-state index contributed by atoms with van der Waals surface area (Å²) in [7, 11) is 0. The molecule has 7 atom stereocenters. The SMILES string of the molecule is CC12CCC3C(=O)OC(c4ccoc4)CC3(C)C1C(=O)C(OC(=O)c1ccccc1Cl)CC2C(=O)O. The van der Waals surface area contributed by atoms with Gasteiger partial charge in [-0.3, -0.25) is 14.4 Å². The monoisotopic (exact) mass is 514 g/mol. The average Bonchev–Trinajstić information content (AvgIpc) is 3.35. The van der Waals surface area contributed by atoms with Crippen LogP contribution in [0, 0.1) is 28.6 Å². The molecule has 9 heteroatoms. The van der Waals surface area contributed by atoms with Crippen molar-refractivity contribution in [2.75, 3.05) is 0 Å². The molecule has 2 heterocycles. The third-order valence-electron chi connectivity index (χ3n) is 8.66. The zero-order chi connectivity index (χ0) is 25.8. The largest absolute Gasteiger partial charge is 0.481 e. The number of hydrogen-bond donors (Lipinski definition) is 1. The topological polar surface area (TPSA) is 120 Å². The Bertz CT molecular complexity index is 1220. The molecule has 36 heavy (non-hydrogen) atoms. The van der Waals surface area contributed by atoms with E-state index >= 15 is 0 Å². The van der Waals surface area contributed by atoms with E-state index in [1.165, 1.54) is 24.7 Å². The Kier molecular flexibility index (Phi) is 5.98. The normalized spacial score (nSPS) is 35.8. The number of hydrogen-bond acceptors (Lipinski definition) is 7. The minimum atomic E-state index is -1.27. The average molecular weight is 515 g/mol. The summed E-state index contributed by atoms with van der Waals surface area (Å²) in [6, 6.07) is 8.02. The molecule has 1 N–H and O–H groups in total. The first-order chi connectivity index (χ1) is 17.1. The van der Waals surface area contributed by atoms with Crippen LogP contribution in [0.4, 0.5) is 0 Å². The van der Waals surface area contributed by atoms with Crippen LogP contribution in [0.15, 0.2) is 47.3 Å². The molecule has 5 rings (SSSR count). The molecule has 7 unspecified atom stereocenters. The molecule has 1 aromatic carbocycles. The fourth-order valence-corrected chi connectivity index (χ4v) is 7.17. The number of ketones is 1. The highest BCUT2D eigenvalue weighted by Crippen LogP contribution is 2.65. The van der Waals surface area contributed by atoms with E-state index in [2.05, 4.69) is 0 Å². The molecule has 2 aromatic rings. The van der Waals surface area contributed by atoms with Crippen LogP contribution in [0.3, 0.4) is 0 Å². The van der Waals surface area contributed by atoms with Gasteiger partial charge in [-0.05, 0) is 48.3 Å². The van der Waals surface area contributed by atoms with Gasteiger partial charge in [0.05, 0.1) is 34.9 Å². The van der Waals surface area contributed by atoms with Crippen LogP contribution in [-0.2, 0) is 23.9 Å². The van der Waals surface area contributed by atoms with Gasteiger partial charge in [0, 0.05) is 17.9 Å². The first-order valence-electron chi connectivity index (χ1n) is 12.0. The van der Waals surface area contributed by atoms with E-state index in [0.717, 1.165) is 0 Å². The second-order valence-corrected chi connectivity index (χ2v) is 11.0. The minimum Gasteiger partial charge on any atom is -0.481 e. The Labute approximate surface area is 212 Å². The van der Waals surface area contributed by atoms with Gasteiger partial charge >= 0.3 is 17.9 Å². The van der Waals surface area contributed by atoms with Crippen LogP contribution in [0.25, 0.3) is 0 Å². The van der Waals surface area contributed by atoms with Crippen LogP contribution >= 0.6 is 11.6 Å². The lowest BCUT2D eigenvalue weighted by Crippen LogP contribution is -2.64. The highest BCUT2D eigenvalue weighted by atomic mass is 35.5. The molecule has 0 bridgehead atoms. The molecular formula is C27H27ClO8. The maximum Gasteiger partial charge on any atom is 0.340 e. The van der Waals surface area contributed by atoms with Gasteiger partial charge in [0.15, 0.2) is 11.9 Å². The third kappa shape index (κ3) is 3.74. The summed E-state index contributed by atoms with van der Waals surface area (Å²) in [6.45, 7) is 3.68. The lowest BCUT2D eigenvalue weighted by molar-refractivity contribution is -0.207. The van der Waals surface area contributed by atoms with E-state index in [9.17, 15) is 24.3 Å². The molecular weight excluding hydrogens is 488 g/mol. The van der Waals surface area contributed by atoms with Gasteiger partial charge in [0.2, 0.25) is 0 Å². The highest BCUT2D eigenvalue weighted by molar-refractivity contribution is 6.33. The van der Waals surface area contributed by atoms with Crippen molar-refractivity contribution in [1.29, 1.82) is 0 Å². The summed E-state index contributed by atoms with van der Waals surface area (Å²) in [5.41, 5.74) is -1.04. The Balaban J connectivity index is 1.53. The molecule has 2 aliphatic carbocycles. The lowest BCUT2D eigenvalue weighted by atomic mass is 9.43. The number of carbonyl (C=O) groups is 4. The molecule has 1 aromatic heterocycles. The van der Waals surface area contributed by atoms with Crippen LogP contribution in [-0.4, -0.2) is 34.9 Å². The van der Waals surface area contributed by atoms with Crippen LogP contribution < -0.4 is 0 Å². The smallest absolute Gasteiger partial charge is 0.340 e. The molecule has 0 radical (unpaired) electrons.